The summed E-state index contributed by atoms with van der Waals surface area (Å²) in [4.78, 5) is 19.1. The van der Waals surface area contributed by atoms with Crippen molar-refractivity contribution in [2.24, 2.45) is 0 Å². The van der Waals surface area contributed by atoms with Crippen LogP contribution in [0.3, 0.4) is 0 Å². The number of aromatic nitrogens is 1. The molecule has 0 radical (unpaired) electrons. The zero-order valence-electron chi connectivity index (χ0n) is 10.8. The maximum Gasteiger partial charge on any atom is 0.245 e. The van der Waals surface area contributed by atoms with Crippen molar-refractivity contribution in [1.29, 1.82) is 0 Å². The number of carbonyl (C=O) groups is 1. The van der Waals surface area contributed by atoms with E-state index in [1.807, 2.05) is 37.3 Å². The molecule has 0 aliphatic heterocycles. The summed E-state index contributed by atoms with van der Waals surface area (Å²) in [7, 11) is 1.76. The van der Waals surface area contributed by atoms with Gasteiger partial charge >= 0.3 is 0 Å². The summed E-state index contributed by atoms with van der Waals surface area (Å²) >= 11 is 7.81. The minimum Gasteiger partial charge on any atom is -0.339 e. The van der Waals surface area contributed by atoms with Crippen molar-refractivity contribution in [3.05, 3.63) is 52.0 Å². The number of rotatable bonds is 4. The quantitative estimate of drug-likeness (QED) is 0.810. The molecule has 1 unspecified atom stereocenters. The molecule has 0 saturated carbocycles. The summed E-state index contributed by atoms with van der Waals surface area (Å²) in [5.74, 6) is -0.0982. The number of aryl methyl sites for hydroxylation is 1. The molecule has 0 aliphatic rings. The zero-order valence-corrected chi connectivity index (χ0v) is 12.4. The van der Waals surface area contributed by atoms with E-state index in [0.29, 0.717) is 6.54 Å². The van der Waals surface area contributed by atoms with Gasteiger partial charge in [0.1, 0.15) is 5.38 Å². The molecular formula is C14H15ClN2OS. The Morgan fingerprint density at radius 3 is 2.68 bits per heavy atom. The lowest BCUT2D eigenvalue weighted by atomic mass is 10.1. The average molecular weight is 295 g/mol. The molecule has 1 aromatic heterocycles. The predicted octanol–water partition coefficient (Wildman–Crippen LogP) is 3.39. The molecule has 19 heavy (non-hydrogen) atoms. The van der Waals surface area contributed by atoms with Crippen molar-refractivity contribution in [3.63, 3.8) is 0 Å². The van der Waals surface area contributed by atoms with Crippen molar-refractivity contribution in [2.75, 3.05) is 7.05 Å². The van der Waals surface area contributed by atoms with Crippen LogP contribution >= 0.6 is 22.9 Å². The fourth-order valence-electron chi connectivity index (χ4n) is 1.75. The van der Waals surface area contributed by atoms with E-state index in [-0.39, 0.29) is 5.91 Å². The molecule has 0 spiro atoms. The molecule has 1 atom stereocenters. The first kappa shape index (κ1) is 14.0. The SMILES string of the molecule is Cc1ncc(CN(C)C(=O)C(Cl)c2ccccc2)s1. The first-order valence-corrected chi connectivity index (χ1v) is 7.18. The maximum absolute atomic E-state index is 12.2. The minimum absolute atomic E-state index is 0.0982. The molecule has 0 bridgehead atoms. The van der Waals surface area contributed by atoms with Gasteiger partial charge in [0.05, 0.1) is 11.6 Å². The van der Waals surface area contributed by atoms with Crippen molar-refractivity contribution < 1.29 is 4.79 Å². The molecule has 1 amide bonds. The molecule has 3 nitrogen and oxygen atoms in total. The van der Waals surface area contributed by atoms with E-state index in [2.05, 4.69) is 4.98 Å². The summed E-state index contributed by atoms with van der Waals surface area (Å²) in [6.45, 7) is 2.49. The van der Waals surface area contributed by atoms with Gasteiger partial charge < -0.3 is 4.90 Å². The van der Waals surface area contributed by atoms with Crippen LogP contribution < -0.4 is 0 Å². The molecular weight excluding hydrogens is 280 g/mol. The van der Waals surface area contributed by atoms with Gasteiger partial charge in [0.2, 0.25) is 5.91 Å². The number of hydrogen-bond donors (Lipinski definition) is 0. The fraction of sp³-hybridized carbons (Fsp3) is 0.286. The van der Waals surface area contributed by atoms with Crippen LogP contribution in [0.15, 0.2) is 36.5 Å². The Hall–Kier alpha value is -1.39. The highest BCUT2D eigenvalue weighted by molar-refractivity contribution is 7.11. The van der Waals surface area contributed by atoms with Gasteiger partial charge in [-0.25, -0.2) is 4.98 Å². The van der Waals surface area contributed by atoms with Gasteiger partial charge in [0.15, 0.2) is 0 Å². The Morgan fingerprint density at radius 2 is 2.11 bits per heavy atom. The first-order chi connectivity index (χ1) is 9.08. The normalized spacial score (nSPS) is 12.2. The van der Waals surface area contributed by atoms with Crippen LogP contribution in [-0.2, 0) is 11.3 Å². The van der Waals surface area contributed by atoms with Crippen LogP contribution in [-0.4, -0.2) is 22.8 Å². The summed E-state index contributed by atoms with van der Waals surface area (Å²) in [6, 6.07) is 9.39. The van der Waals surface area contributed by atoms with Gasteiger partial charge in [0, 0.05) is 18.1 Å². The number of thiazole rings is 1. The molecule has 2 aromatic rings. The highest BCUT2D eigenvalue weighted by atomic mass is 35.5. The molecule has 1 aromatic carbocycles. The van der Waals surface area contributed by atoms with Crippen LogP contribution in [0.1, 0.15) is 20.8 Å². The number of hydrogen-bond acceptors (Lipinski definition) is 3. The second-order valence-electron chi connectivity index (χ2n) is 4.31. The smallest absolute Gasteiger partial charge is 0.245 e. The van der Waals surface area contributed by atoms with Crippen molar-refractivity contribution in [2.45, 2.75) is 18.8 Å². The Bertz CT molecular complexity index is 556. The zero-order chi connectivity index (χ0) is 13.8. The molecule has 1 heterocycles. The van der Waals surface area contributed by atoms with Crippen LogP contribution in [0.4, 0.5) is 0 Å². The van der Waals surface area contributed by atoms with E-state index in [4.69, 9.17) is 11.6 Å². The number of likely N-dealkylation sites (N-methyl/N-ethyl adjacent to an activating group) is 1. The van der Waals surface area contributed by atoms with E-state index in [9.17, 15) is 4.79 Å². The number of benzene rings is 1. The molecule has 0 fully saturated rings. The van der Waals surface area contributed by atoms with Gasteiger partial charge in [-0.3, -0.25) is 4.79 Å². The number of alkyl halides is 1. The standard InChI is InChI=1S/C14H15ClN2OS/c1-10-16-8-12(19-10)9-17(2)14(18)13(15)11-6-4-3-5-7-11/h3-8,13H,9H2,1-2H3. The van der Waals surface area contributed by atoms with E-state index < -0.39 is 5.38 Å². The second kappa shape index (κ2) is 6.17. The van der Waals surface area contributed by atoms with Gasteiger partial charge in [-0.15, -0.1) is 22.9 Å². The van der Waals surface area contributed by atoms with E-state index in [1.165, 1.54) is 0 Å². The van der Waals surface area contributed by atoms with Crippen molar-refractivity contribution in [3.8, 4) is 0 Å². The third kappa shape index (κ3) is 3.55. The van der Waals surface area contributed by atoms with Crippen LogP contribution in [0, 0.1) is 6.92 Å². The van der Waals surface area contributed by atoms with Gasteiger partial charge in [-0.05, 0) is 12.5 Å². The Kier molecular flexibility index (Phi) is 4.56. The fourth-order valence-corrected chi connectivity index (χ4v) is 2.91. The van der Waals surface area contributed by atoms with Gasteiger partial charge in [-0.2, -0.15) is 0 Å². The van der Waals surface area contributed by atoms with Gasteiger partial charge in [0.25, 0.3) is 0 Å². The third-order valence-electron chi connectivity index (χ3n) is 2.75. The minimum atomic E-state index is -0.639. The summed E-state index contributed by atoms with van der Waals surface area (Å²) in [6.07, 6.45) is 1.80. The summed E-state index contributed by atoms with van der Waals surface area (Å²) in [5.41, 5.74) is 0.821. The number of amides is 1. The number of nitrogens with zero attached hydrogens (tertiary/aromatic N) is 2. The van der Waals surface area contributed by atoms with E-state index >= 15 is 0 Å². The topological polar surface area (TPSA) is 33.2 Å². The molecule has 100 valence electrons. The third-order valence-corrected chi connectivity index (χ3v) is 4.08. The summed E-state index contributed by atoms with van der Waals surface area (Å²) in [5, 5.41) is 0.363. The molecule has 0 saturated heterocycles. The second-order valence-corrected chi connectivity index (χ2v) is 6.07. The molecule has 5 heteroatoms. The number of carbonyl (C=O) groups excluding carboxylic acids is 1. The Balaban J connectivity index is 2.03. The Morgan fingerprint density at radius 1 is 1.42 bits per heavy atom. The average Bonchev–Trinajstić information content (AvgIpc) is 2.83. The molecule has 0 N–H and O–H groups in total. The molecule has 2 rings (SSSR count). The predicted molar refractivity (Wildman–Crippen MR) is 78.4 cm³/mol. The van der Waals surface area contributed by atoms with Crippen molar-refractivity contribution >= 4 is 28.8 Å². The highest BCUT2D eigenvalue weighted by Crippen LogP contribution is 2.23. The Labute approximate surface area is 121 Å². The maximum atomic E-state index is 12.2. The molecule has 0 aliphatic carbocycles. The van der Waals surface area contributed by atoms with Gasteiger partial charge in [-0.1, -0.05) is 30.3 Å². The summed E-state index contributed by atoms with van der Waals surface area (Å²) < 4.78 is 0. The van der Waals surface area contributed by atoms with Crippen LogP contribution in [0.2, 0.25) is 0 Å². The number of halogens is 1. The largest absolute Gasteiger partial charge is 0.339 e. The monoisotopic (exact) mass is 294 g/mol. The van der Waals surface area contributed by atoms with Crippen LogP contribution in [0.25, 0.3) is 0 Å². The lowest BCUT2D eigenvalue weighted by molar-refractivity contribution is -0.130. The lowest BCUT2D eigenvalue weighted by Crippen LogP contribution is -2.29. The van der Waals surface area contributed by atoms with E-state index in [0.717, 1.165) is 15.4 Å². The van der Waals surface area contributed by atoms with E-state index in [1.54, 1.807) is 29.5 Å². The van der Waals surface area contributed by atoms with Crippen LogP contribution in [0.5, 0.6) is 0 Å². The highest BCUT2D eigenvalue weighted by Gasteiger charge is 2.21. The lowest BCUT2D eigenvalue weighted by Gasteiger charge is -2.19. The first-order valence-electron chi connectivity index (χ1n) is 5.93. The van der Waals surface area contributed by atoms with Crippen molar-refractivity contribution in [1.82, 2.24) is 9.88 Å².